The largest absolute Gasteiger partial charge is 0.316 e. The lowest BCUT2D eigenvalue weighted by Crippen LogP contribution is -2.14. The first kappa shape index (κ1) is 16.0. The van der Waals surface area contributed by atoms with Crippen molar-refractivity contribution in [2.45, 2.75) is 6.92 Å². The minimum Gasteiger partial charge on any atom is -0.316 e. The first-order valence-corrected chi connectivity index (χ1v) is 2.86. The second-order valence-corrected chi connectivity index (χ2v) is 1.52. The Hall–Kier alpha value is 0.890. The molecule has 0 amide bonds. The summed E-state index contributed by atoms with van der Waals surface area (Å²) in [5, 5.41) is 3.12. The summed E-state index contributed by atoms with van der Waals surface area (Å²) in [6.07, 6.45) is 0. The van der Waals surface area contributed by atoms with Gasteiger partial charge in [-0.05, 0) is 6.54 Å². The molecule has 4 heteroatoms. The van der Waals surface area contributed by atoms with Crippen LogP contribution in [0, 0.1) is 0 Å². The van der Waals surface area contributed by atoms with Gasteiger partial charge in [-0.25, -0.2) is 0 Å². The van der Waals surface area contributed by atoms with E-state index in [1.807, 2.05) is 0 Å². The molecule has 0 unspecified atom stereocenters. The number of nitrogens with one attached hydrogen (secondary N) is 1. The van der Waals surface area contributed by atoms with Gasteiger partial charge in [-0.15, -0.1) is 24.8 Å². The minimum absolute atomic E-state index is 0. The lowest BCUT2D eigenvalue weighted by molar-refractivity contribution is 0.769. The van der Waals surface area contributed by atoms with Gasteiger partial charge < -0.3 is 5.32 Å². The number of rotatable bonds is 3. The molecule has 1 nitrogen and oxygen atoms in total. The van der Waals surface area contributed by atoms with Crippen LogP contribution in [0.15, 0.2) is 0 Å². The first-order valence-electron chi connectivity index (χ1n) is 2.23. The molecule has 0 aliphatic carbocycles. The molecule has 0 aliphatic heterocycles. The van der Waals surface area contributed by atoms with Crippen molar-refractivity contribution in [3.63, 3.8) is 0 Å². The van der Waals surface area contributed by atoms with E-state index in [-0.39, 0.29) is 24.8 Å². The normalized spacial score (nSPS) is 6.75. The highest BCUT2D eigenvalue weighted by Crippen LogP contribution is 1.65. The number of halogens is 2. The summed E-state index contributed by atoms with van der Waals surface area (Å²) in [6.45, 7) is 4.17. The Kier molecular flexibility index (Phi) is 31.2. The van der Waals surface area contributed by atoms with E-state index in [4.69, 9.17) is 0 Å². The van der Waals surface area contributed by atoms with Crippen LogP contribution in [-0.2, 0) is 0 Å². The first-order chi connectivity index (χ1) is 2.91. The molecule has 1 N–H and O–H groups in total. The number of thiol groups is 1. The van der Waals surface area contributed by atoms with E-state index < -0.39 is 0 Å². The second kappa shape index (κ2) is 15.7. The van der Waals surface area contributed by atoms with Crippen molar-refractivity contribution in [3.05, 3.63) is 0 Å². The van der Waals surface area contributed by atoms with Crippen molar-refractivity contribution >= 4 is 37.4 Å². The molecule has 0 atom stereocenters. The minimum atomic E-state index is 0. The van der Waals surface area contributed by atoms with Gasteiger partial charge in [-0.3, -0.25) is 0 Å². The molecule has 0 spiro atoms. The fourth-order valence-electron chi connectivity index (χ4n) is 0.256. The van der Waals surface area contributed by atoms with Crippen molar-refractivity contribution in [1.29, 1.82) is 0 Å². The summed E-state index contributed by atoms with van der Waals surface area (Å²) in [5.74, 6) is 0.938. The smallest absolute Gasteiger partial charge is 0.00396 e. The molecule has 0 fully saturated rings. The van der Waals surface area contributed by atoms with Crippen molar-refractivity contribution in [2.75, 3.05) is 18.8 Å². The molecular weight excluding hydrogens is 165 g/mol. The van der Waals surface area contributed by atoms with E-state index in [0.717, 1.165) is 18.8 Å². The Morgan fingerprint density at radius 3 is 2.00 bits per heavy atom. The molecule has 0 radical (unpaired) electrons. The SMILES string of the molecule is CCNCCS.Cl.Cl. The lowest BCUT2D eigenvalue weighted by atomic mass is 10.7. The average molecular weight is 178 g/mol. The van der Waals surface area contributed by atoms with Gasteiger partial charge in [-0.1, -0.05) is 6.92 Å². The van der Waals surface area contributed by atoms with Crippen LogP contribution >= 0.6 is 37.4 Å². The monoisotopic (exact) mass is 177 g/mol. The van der Waals surface area contributed by atoms with Crippen LogP contribution in [0.25, 0.3) is 0 Å². The predicted octanol–water partition coefficient (Wildman–Crippen LogP) is 1.37. The highest BCUT2D eigenvalue weighted by Gasteiger charge is 1.71. The Balaban J connectivity index is -0.000000125. The third-order valence-electron chi connectivity index (χ3n) is 0.539. The third-order valence-corrected chi connectivity index (χ3v) is 0.762. The fourth-order valence-corrected chi connectivity index (χ4v) is 0.414. The van der Waals surface area contributed by atoms with E-state index in [2.05, 4.69) is 24.9 Å². The highest BCUT2D eigenvalue weighted by atomic mass is 35.5. The lowest BCUT2D eigenvalue weighted by Gasteiger charge is -1.91. The van der Waals surface area contributed by atoms with Crippen LogP contribution in [0.2, 0.25) is 0 Å². The quantitative estimate of drug-likeness (QED) is 0.491. The number of hydrogen-bond donors (Lipinski definition) is 2. The zero-order chi connectivity index (χ0) is 4.83. The van der Waals surface area contributed by atoms with E-state index in [1.54, 1.807) is 0 Å². The van der Waals surface area contributed by atoms with Crippen LogP contribution in [0.4, 0.5) is 0 Å². The van der Waals surface area contributed by atoms with Gasteiger partial charge >= 0.3 is 0 Å². The predicted molar refractivity (Wildman–Crippen MR) is 46.9 cm³/mol. The maximum absolute atomic E-state index is 3.99. The molecule has 0 heterocycles. The van der Waals surface area contributed by atoms with Crippen LogP contribution in [0.1, 0.15) is 6.92 Å². The summed E-state index contributed by atoms with van der Waals surface area (Å²) in [5.41, 5.74) is 0. The maximum atomic E-state index is 3.99. The van der Waals surface area contributed by atoms with E-state index >= 15 is 0 Å². The molecule has 54 valence electrons. The van der Waals surface area contributed by atoms with Gasteiger partial charge in [0.2, 0.25) is 0 Å². The Labute approximate surface area is 68.8 Å². The van der Waals surface area contributed by atoms with Crippen LogP contribution in [0.5, 0.6) is 0 Å². The second-order valence-electron chi connectivity index (χ2n) is 1.08. The molecule has 0 aromatic rings. The summed E-state index contributed by atoms with van der Waals surface area (Å²) >= 11 is 3.99. The van der Waals surface area contributed by atoms with Crippen LogP contribution < -0.4 is 5.32 Å². The van der Waals surface area contributed by atoms with E-state index in [0.29, 0.717) is 0 Å². The standard InChI is InChI=1S/C4H11NS.2ClH/c1-2-5-3-4-6;;/h5-6H,2-4H2,1H3;2*1H. The Bertz CT molecular complexity index is 26.0. The third kappa shape index (κ3) is 15.8. The average Bonchev–Trinajstić information content (AvgIpc) is 1.61. The van der Waals surface area contributed by atoms with Gasteiger partial charge in [0.1, 0.15) is 0 Å². The molecule has 0 rings (SSSR count). The number of hydrogen-bond acceptors (Lipinski definition) is 2. The molecule has 0 saturated heterocycles. The fraction of sp³-hybridized carbons (Fsp3) is 1.00. The van der Waals surface area contributed by atoms with E-state index in [1.165, 1.54) is 0 Å². The molecule has 0 aromatic heterocycles. The molecule has 0 aromatic carbocycles. The molecule has 8 heavy (non-hydrogen) atoms. The van der Waals surface area contributed by atoms with Gasteiger partial charge in [0.25, 0.3) is 0 Å². The maximum Gasteiger partial charge on any atom is 0.00396 e. The summed E-state index contributed by atoms with van der Waals surface area (Å²) in [4.78, 5) is 0. The summed E-state index contributed by atoms with van der Waals surface area (Å²) in [7, 11) is 0. The molecule has 0 bridgehead atoms. The Morgan fingerprint density at radius 2 is 1.88 bits per heavy atom. The van der Waals surface area contributed by atoms with Crippen LogP contribution in [-0.4, -0.2) is 18.8 Å². The highest BCUT2D eigenvalue weighted by molar-refractivity contribution is 7.80. The van der Waals surface area contributed by atoms with Crippen molar-refractivity contribution < 1.29 is 0 Å². The van der Waals surface area contributed by atoms with Crippen molar-refractivity contribution in [1.82, 2.24) is 5.32 Å². The molecular formula is C4H13Cl2NS. The van der Waals surface area contributed by atoms with Crippen LogP contribution in [0.3, 0.4) is 0 Å². The topological polar surface area (TPSA) is 12.0 Å². The Morgan fingerprint density at radius 1 is 1.38 bits per heavy atom. The van der Waals surface area contributed by atoms with Gasteiger partial charge in [0.05, 0.1) is 0 Å². The summed E-state index contributed by atoms with van der Waals surface area (Å²) in [6, 6.07) is 0. The zero-order valence-electron chi connectivity index (χ0n) is 4.89. The van der Waals surface area contributed by atoms with Crippen molar-refractivity contribution in [2.24, 2.45) is 0 Å². The molecule has 0 saturated carbocycles. The van der Waals surface area contributed by atoms with Crippen molar-refractivity contribution in [3.8, 4) is 0 Å². The van der Waals surface area contributed by atoms with Gasteiger partial charge in [-0.2, -0.15) is 12.6 Å². The van der Waals surface area contributed by atoms with E-state index in [9.17, 15) is 0 Å². The molecule has 0 aliphatic rings. The van der Waals surface area contributed by atoms with Gasteiger partial charge in [0, 0.05) is 12.3 Å². The zero-order valence-corrected chi connectivity index (χ0v) is 7.41. The summed E-state index contributed by atoms with van der Waals surface area (Å²) < 4.78 is 0. The van der Waals surface area contributed by atoms with Gasteiger partial charge in [0.15, 0.2) is 0 Å².